The molecule has 2 spiro atoms. The number of aliphatic hydroxyl groups is 2. The standard InChI is InChI=1S/C30H38N4O3/c1-27(2)14-17-13-20-24(35)25(36)22(34(4)5)15-29(20)10-11-30(17,37-29)23-9-7-19(28(23,27)3)16-6-8-21-18(12-16)26(31)33-32-21/h6-8,12-14,22-25,35-36H,9-11,15H2,1-5H3,(H3,31,32,33). The smallest absolute Gasteiger partial charge is 0.153 e. The first kappa shape index (κ1) is 23.7. The average molecular weight is 503 g/mol. The molecule has 37 heavy (non-hydrogen) atoms. The van der Waals surface area contributed by atoms with E-state index in [2.05, 4.69) is 67.4 Å². The van der Waals surface area contributed by atoms with Crippen LogP contribution < -0.4 is 5.73 Å². The van der Waals surface area contributed by atoms with Gasteiger partial charge in [0.15, 0.2) is 5.82 Å². The van der Waals surface area contributed by atoms with Gasteiger partial charge >= 0.3 is 0 Å². The molecule has 2 bridgehead atoms. The fourth-order valence-electron chi connectivity index (χ4n) is 8.72. The van der Waals surface area contributed by atoms with Crippen LogP contribution in [0.3, 0.4) is 0 Å². The maximum absolute atomic E-state index is 11.3. The van der Waals surface area contributed by atoms with Crippen molar-refractivity contribution < 1.29 is 14.9 Å². The van der Waals surface area contributed by atoms with Gasteiger partial charge in [-0.25, -0.2) is 0 Å². The lowest BCUT2D eigenvalue weighted by molar-refractivity contribution is -0.170. The van der Waals surface area contributed by atoms with Crippen molar-refractivity contribution >= 4 is 22.3 Å². The van der Waals surface area contributed by atoms with Crippen LogP contribution in [0.5, 0.6) is 0 Å². The molecule has 196 valence electrons. The van der Waals surface area contributed by atoms with Crippen LogP contribution in [0.25, 0.3) is 16.5 Å². The first-order chi connectivity index (χ1) is 17.4. The molecule has 1 aromatic carbocycles. The number of rotatable bonds is 2. The maximum Gasteiger partial charge on any atom is 0.153 e. The summed E-state index contributed by atoms with van der Waals surface area (Å²) >= 11 is 0. The predicted octanol–water partition coefficient (Wildman–Crippen LogP) is 3.80. The summed E-state index contributed by atoms with van der Waals surface area (Å²) in [6.07, 6.45) is 8.70. The highest BCUT2D eigenvalue weighted by atomic mass is 16.5. The number of nitrogen functional groups attached to an aromatic ring is 1. The predicted molar refractivity (Wildman–Crippen MR) is 145 cm³/mol. The van der Waals surface area contributed by atoms with Crippen LogP contribution in [0.2, 0.25) is 0 Å². The third kappa shape index (κ3) is 2.73. The summed E-state index contributed by atoms with van der Waals surface area (Å²) in [5.41, 5.74) is 10.5. The molecule has 1 aromatic heterocycles. The Morgan fingerprint density at radius 2 is 1.95 bits per heavy atom. The van der Waals surface area contributed by atoms with Crippen LogP contribution in [0, 0.1) is 16.7 Å². The fraction of sp³-hybridized carbons (Fsp3) is 0.567. The van der Waals surface area contributed by atoms with Gasteiger partial charge in [0.05, 0.1) is 22.8 Å². The molecule has 2 aromatic rings. The van der Waals surface area contributed by atoms with Gasteiger partial charge in [-0.3, -0.25) is 5.10 Å². The summed E-state index contributed by atoms with van der Waals surface area (Å²) in [5, 5.41) is 30.4. The van der Waals surface area contributed by atoms with Crippen molar-refractivity contribution in [3.05, 3.63) is 53.1 Å². The number of likely N-dealkylation sites (N-methyl/N-ethyl adjacent to an activating group) is 1. The Labute approximate surface area is 218 Å². The van der Waals surface area contributed by atoms with E-state index in [4.69, 9.17) is 10.5 Å². The molecule has 3 heterocycles. The molecule has 2 fully saturated rings. The number of allylic oxidation sites excluding steroid dienone is 3. The molecule has 0 radical (unpaired) electrons. The largest absolute Gasteiger partial charge is 0.388 e. The number of fused-ring (bicyclic) bond motifs is 2. The molecule has 7 unspecified atom stereocenters. The van der Waals surface area contributed by atoms with E-state index in [1.165, 1.54) is 16.7 Å². The summed E-state index contributed by atoms with van der Waals surface area (Å²) in [6.45, 7) is 7.07. The monoisotopic (exact) mass is 502 g/mol. The number of aromatic nitrogens is 2. The molecular formula is C30H38N4O3. The van der Waals surface area contributed by atoms with Gasteiger partial charge in [0, 0.05) is 22.8 Å². The number of hydrogen-bond donors (Lipinski definition) is 4. The number of anilines is 1. The Hall–Kier alpha value is -2.45. The van der Waals surface area contributed by atoms with Crippen molar-refractivity contribution in [2.45, 2.75) is 75.9 Å². The number of nitrogens with one attached hydrogen (secondary N) is 1. The molecule has 7 nitrogen and oxygen atoms in total. The molecule has 5 aliphatic rings. The van der Waals surface area contributed by atoms with E-state index in [0.29, 0.717) is 12.2 Å². The summed E-state index contributed by atoms with van der Waals surface area (Å²) in [5.74, 6) is 0.793. The minimum absolute atomic E-state index is 0.149. The highest BCUT2D eigenvalue weighted by Crippen LogP contribution is 2.71. The summed E-state index contributed by atoms with van der Waals surface area (Å²) in [7, 11) is 3.95. The summed E-state index contributed by atoms with van der Waals surface area (Å²) < 4.78 is 7.31. The SMILES string of the molecule is CN(C)C1CC23CCC4(O2)C(=CC(C)(C)C2(C)C(c5ccc6[nH]nc(N)c6c5)=CCC42)C=C3C(O)C1O. The van der Waals surface area contributed by atoms with Gasteiger partial charge in [-0.15, -0.1) is 0 Å². The number of nitrogens with zero attached hydrogens (tertiary/aromatic N) is 2. The molecule has 7 rings (SSSR count). The van der Waals surface area contributed by atoms with E-state index in [1.807, 2.05) is 19.0 Å². The topological polar surface area (TPSA) is 108 Å². The van der Waals surface area contributed by atoms with E-state index >= 15 is 0 Å². The quantitative estimate of drug-likeness (QED) is 0.498. The molecule has 3 aliphatic carbocycles. The zero-order valence-corrected chi connectivity index (χ0v) is 22.4. The zero-order chi connectivity index (χ0) is 26.1. The van der Waals surface area contributed by atoms with Gasteiger partial charge in [0.25, 0.3) is 0 Å². The maximum atomic E-state index is 11.3. The van der Waals surface area contributed by atoms with E-state index in [-0.39, 0.29) is 22.8 Å². The van der Waals surface area contributed by atoms with Crippen LogP contribution in [-0.4, -0.2) is 68.9 Å². The van der Waals surface area contributed by atoms with Gasteiger partial charge in [-0.05, 0) is 79.6 Å². The average Bonchev–Trinajstić information content (AvgIpc) is 3.51. The molecular weight excluding hydrogens is 464 g/mol. The van der Waals surface area contributed by atoms with Crippen LogP contribution in [0.15, 0.2) is 47.6 Å². The summed E-state index contributed by atoms with van der Waals surface area (Å²) in [6, 6.07) is 6.29. The summed E-state index contributed by atoms with van der Waals surface area (Å²) in [4.78, 5) is 2.03. The van der Waals surface area contributed by atoms with Gasteiger partial charge in [-0.1, -0.05) is 45.1 Å². The van der Waals surface area contributed by atoms with Crippen molar-refractivity contribution in [2.75, 3.05) is 19.8 Å². The molecule has 7 atom stereocenters. The lowest BCUT2D eigenvalue weighted by Crippen LogP contribution is -2.63. The molecule has 1 saturated heterocycles. The second kappa shape index (κ2) is 7.14. The van der Waals surface area contributed by atoms with Crippen molar-refractivity contribution in [1.82, 2.24) is 15.1 Å². The molecule has 7 heteroatoms. The number of nitrogens with two attached hydrogens (primary N) is 1. The van der Waals surface area contributed by atoms with Crippen LogP contribution in [0.1, 0.15) is 52.0 Å². The second-order valence-electron chi connectivity index (χ2n) is 13.1. The number of aliphatic hydroxyl groups excluding tert-OH is 2. The first-order valence-electron chi connectivity index (χ1n) is 13.6. The minimum Gasteiger partial charge on any atom is -0.388 e. The van der Waals surface area contributed by atoms with Gasteiger partial charge in [0.2, 0.25) is 0 Å². The van der Waals surface area contributed by atoms with Crippen LogP contribution >= 0.6 is 0 Å². The van der Waals surface area contributed by atoms with E-state index in [1.54, 1.807) is 0 Å². The highest BCUT2D eigenvalue weighted by Gasteiger charge is 2.70. The van der Waals surface area contributed by atoms with Crippen LogP contribution in [-0.2, 0) is 4.74 Å². The zero-order valence-electron chi connectivity index (χ0n) is 22.4. The number of hydrogen-bond acceptors (Lipinski definition) is 6. The first-order valence-corrected chi connectivity index (χ1v) is 13.6. The number of ether oxygens (including phenoxy) is 1. The Morgan fingerprint density at radius 3 is 2.70 bits per heavy atom. The van der Waals surface area contributed by atoms with Crippen molar-refractivity contribution in [3.63, 3.8) is 0 Å². The van der Waals surface area contributed by atoms with Crippen molar-refractivity contribution in [2.24, 2.45) is 16.7 Å². The lowest BCUT2D eigenvalue weighted by Gasteiger charge is -2.60. The molecule has 5 N–H and O–H groups in total. The van der Waals surface area contributed by atoms with E-state index in [0.717, 1.165) is 35.7 Å². The number of H-pyrrole nitrogens is 1. The fourth-order valence-corrected chi connectivity index (χ4v) is 8.72. The number of aromatic amines is 1. The third-order valence-corrected chi connectivity index (χ3v) is 11.0. The van der Waals surface area contributed by atoms with Crippen LogP contribution in [0.4, 0.5) is 5.82 Å². The number of benzene rings is 1. The second-order valence-corrected chi connectivity index (χ2v) is 13.1. The molecule has 2 aliphatic heterocycles. The Kier molecular flexibility index (Phi) is 4.57. The Bertz CT molecular complexity index is 1420. The minimum atomic E-state index is -0.918. The van der Waals surface area contributed by atoms with Gasteiger partial charge < -0.3 is 25.6 Å². The normalized spacial score (nSPS) is 41.7. The third-order valence-electron chi connectivity index (χ3n) is 11.0. The lowest BCUT2D eigenvalue weighted by atomic mass is 9.49. The Balaban J connectivity index is 1.37. The highest BCUT2D eigenvalue weighted by molar-refractivity contribution is 5.92. The van der Waals surface area contributed by atoms with Crippen molar-refractivity contribution in [1.29, 1.82) is 0 Å². The molecule has 1 saturated carbocycles. The van der Waals surface area contributed by atoms with Gasteiger partial charge in [-0.2, -0.15) is 5.10 Å². The van der Waals surface area contributed by atoms with Crippen molar-refractivity contribution in [3.8, 4) is 0 Å². The van der Waals surface area contributed by atoms with E-state index < -0.39 is 23.4 Å². The Morgan fingerprint density at radius 1 is 1.16 bits per heavy atom. The van der Waals surface area contributed by atoms with Gasteiger partial charge in [0.1, 0.15) is 6.10 Å². The van der Waals surface area contributed by atoms with E-state index in [9.17, 15) is 10.2 Å². The molecule has 0 amide bonds.